The first-order valence-electron chi connectivity index (χ1n) is 10.0. The van der Waals surface area contributed by atoms with Gasteiger partial charge in [0.15, 0.2) is 0 Å². The second-order valence-corrected chi connectivity index (χ2v) is 9.42. The van der Waals surface area contributed by atoms with Crippen molar-refractivity contribution < 1.29 is 13.2 Å². The van der Waals surface area contributed by atoms with Crippen molar-refractivity contribution in [3.8, 4) is 11.1 Å². The van der Waals surface area contributed by atoms with E-state index in [0.29, 0.717) is 23.5 Å². The molecule has 154 valence electrons. The molecular formula is C24H24N2O3S. The number of anilines is 1. The van der Waals surface area contributed by atoms with E-state index >= 15 is 0 Å². The predicted molar refractivity (Wildman–Crippen MR) is 119 cm³/mol. The number of benzene rings is 3. The summed E-state index contributed by atoms with van der Waals surface area (Å²) < 4.78 is 26.9. The monoisotopic (exact) mass is 420 g/mol. The van der Waals surface area contributed by atoms with Gasteiger partial charge in [-0.1, -0.05) is 42.5 Å². The minimum absolute atomic E-state index is 0.181. The minimum atomic E-state index is -3.43. The van der Waals surface area contributed by atoms with Gasteiger partial charge in [0.25, 0.3) is 5.91 Å². The van der Waals surface area contributed by atoms with E-state index in [0.717, 1.165) is 35.2 Å². The molecule has 1 fully saturated rings. The fourth-order valence-corrected chi connectivity index (χ4v) is 5.16. The van der Waals surface area contributed by atoms with Crippen molar-refractivity contribution in [1.82, 2.24) is 4.31 Å². The van der Waals surface area contributed by atoms with E-state index in [-0.39, 0.29) is 5.91 Å². The summed E-state index contributed by atoms with van der Waals surface area (Å²) in [6.07, 6.45) is 1.82. The third-order valence-corrected chi connectivity index (χ3v) is 7.32. The average Bonchev–Trinajstić information content (AvgIpc) is 3.31. The zero-order chi connectivity index (χ0) is 21.1. The molecular weight excluding hydrogens is 396 g/mol. The number of hydrogen-bond acceptors (Lipinski definition) is 3. The Hall–Kier alpha value is -2.96. The maximum atomic E-state index is 12.7. The number of amides is 1. The molecule has 6 heteroatoms. The van der Waals surface area contributed by atoms with Crippen LogP contribution in [0.15, 0.2) is 77.7 Å². The van der Waals surface area contributed by atoms with Crippen LogP contribution in [0.25, 0.3) is 11.1 Å². The summed E-state index contributed by atoms with van der Waals surface area (Å²) in [5.74, 6) is -0.181. The number of para-hydroxylation sites is 1. The molecule has 1 N–H and O–H groups in total. The summed E-state index contributed by atoms with van der Waals surface area (Å²) in [6, 6.07) is 21.8. The van der Waals surface area contributed by atoms with E-state index in [1.54, 1.807) is 34.6 Å². The topological polar surface area (TPSA) is 66.5 Å². The first-order chi connectivity index (χ1) is 14.4. The van der Waals surface area contributed by atoms with Crippen molar-refractivity contribution in [3.05, 3.63) is 83.9 Å². The highest BCUT2D eigenvalue weighted by Gasteiger charge is 2.26. The van der Waals surface area contributed by atoms with Crippen LogP contribution >= 0.6 is 0 Å². The normalized spacial score (nSPS) is 14.6. The molecule has 1 heterocycles. The summed E-state index contributed by atoms with van der Waals surface area (Å²) in [5, 5.41) is 2.94. The quantitative estimate of drug-likeness (QED) is 0.651. The number of nitrogens with one attached hydrogen (secondary N) is 1. The summed E-state index contributed by atoms with van der Waals surface area (Å²) in [6.45, 7) is 3.12. The molecule has 5 nitrogen and oxygen atoms in total. The number of hydrogen-bond donors (Lipinski definition) is 1. The van der Waals surface area contributed by atoms with Crippen molar-refractivity contribution in [2.75, 3.05) is 18.4 Å². The largest absolute Gasteiger partial charge is 0.322 e. The van der Waals surface area contributed by atoms with Gasteiger partial charge in [0.2, 0.25) is 10.0 Å². The first-order valence-corrected chi connectivity index (χ1v) is 11.5. The third kappa shape index (κ3) is 4.15. The molecule has 1 saturated heterocycles. The third-order valence-electron chi connectivity index (χ3n) is 5.41. The van der Waals surface area contributed by atoms with Crippen LogP contribution in [0.4, 0.5) is 5.69 Å². The highest BCUT2D eigenvalue weighted by molar-refractivity contribution is 7.89. The van der Waals surface area contributed by atoms with Crippen molar-refractivity contribution in [2.24, 2.45) is 0 Å². The second-order valence-electron chi connectivity index (χ2n) is 7.49. The molecule has 30 heavy (non-hydrogen) atoms. The van der Waals surface area contributed by atoms with E-state index < -0.39 is 10.0 Å². The molecule has 0 aromatic heterocycles. The van der Waals surface area contributed by atoms with Crippen LogP contribution < -0.4 is 5.32 Å². The van der Waals surface area contributed by atoms with Crippen molar-refractivity contribution in [3.63, 3.8) is 0 Å². The van der Waals surface area contributed by atoms with Gasteiger partial charge in [-0.2, -0.15) is 4.31 Å². The number of carbonyl (C=O) groups excluding carboxylic acids is 1. The van der Waals surface area contributed by atoms with Gasteiger partial charge >= 0.3 is 0 Å². The van der Waals surface area contributed by atoms with Crippen LogP contribution in [0.3, 0.4) is 0 Å². The number of rotatable bonds is 5. The average molecular weight is 421 g/mol. The van der Waals surface area contributed by atoms with Gasteiger partial charge < -0.3 is 5.32 Å². The fraction of sp³-hybridized carbons (Fsp3) is 0.208. The van der Waals surface area contributed by atoms with Crippen molar-refractivity contribution in [2.45, 2.75) is 24.7 Å². The van der Waals surface area contributed by atoms with Gasteiger partial charge in [-0.15, -0.1) is 0 Å². The van der Waals surface area contributed by atoms with E-state index in [2.05, 4.69) is 5.32 Å². The van der Waals surface area contributed by atoms with Gasteiger partial charge in [0, 0.05) is 24.3 Å². The lowest BCUT2D eigenvalue weighted by atomic mass is 10.0. The van der Waals surface area contributed by atoms with Crippen LogP contribution in [-0.4, -0.2) is 31.7 Å². The number of carbonyl (C=O) groups is 1. The molecule has 1 aliphatic rings. The minimum Gasteiger partial charge on any atom is -0.322 e. The summed E-state index contributed by atoms with van der Waals surface area (Å²) >= 11 is 0. The van der Waals surface area contributed by atoms with Gasteiger partial charge in [0.1, 0.15) is 0 Å². The molecule has 1 amide bonds. The number of nitrogens with zero attached hydrogens (tertiary/aromatic N) is 1. The standard InChI is InChI=1S/C24H24N2O3S/c1-18-7-2-3-10-23(18)25-24(27)21-9-6-8-20(17-21)19-11-13-22(14-12-19)30(28,29)26-15-4-5-16-26/h2-3,6-14,17H,4-5,15-16H2,1H3,(H,25,27). The zero-order valence-corrected chi connectivity index (χ0v) is 17.7. The molecule has 0 atom stereocenters. The van der Waals surface area contributed by atoms with E-state index in [1.165, 1.54) is 0 Å². The molecule has 3 aromatic rings. The Labute approximate surface area is 177 Å². The summed E-state index contributed by atoms with van der Waals surface area (Å²) in [4.78, 5) is 13.0. The SMILES string of the molecule is Cc1ccccc1NC(=O)c1cccc(-c2ccc(S(=O)(=O)N3CCCC3)cc2)c1. The van der Waals surface area contributed by atoms with E-state index in [4.69, 9.17) is 0 Å². The van der Waals surface area contributed by atoms with Crippen LogP contribution in [-0.2, 0) is 10.0 Å². The van der Waals surface area contributed by atoms with Crippen LogP contribution in [0.2, 0.25) is 0 Å². The second kappa shape index (κ2) is 8.42. The van der Waals surface area contributed by atoms with E-state index in [9.17, 15) is 13.2 Å². The molecule has 4 rings (SSSR count). The Balaban J connectivity index is 1.55. The number of aryl methyl sites for hydroxylation is 1. The molecule has 0 unspecified atom stereocenters. The summed E-state index contributed by atoms with van der Waals surface area (Å²) in [5.41, 5.74) is 4.05. The first kappa shape index (κ1) is 20.3. The molecule has 0 radical (unpaired) electrons. The van der Waals surface area contributed by atoms with Gasteiger partial charge in [-0.05, 0) is 66.8 Å². The lowest BCUT2D eigenvalue weighted by molar-refractivity contribution is 0.102. The Morgan fingerprint density at radius 2 is 1.57 bits per heavy atom. The van der Waals surface area contributed by atoms with Gasteiger partial charge in [-0.25, -0.2) is 8.42 Å². The Kier molecular flexibility index (Phi) is 5.70. The van der Waals surface area contributed by atoms with Gasteiger partial charge in [0.05, 0.1) is 4.90 Å². The number of sulfonamides is 1. The van der Waals surface area contributed by atoms with Crippen LogP contribution in [0, 0.1) is 6.92 Å². The fourth-order valence-electron chi connectivity index (χ4n) is 3.64. The maximum Gasteiger partial charge on any atom is 0.255 e. The molecule has 0 bridgehead atoms. The predicted octanol–water partition coefficient (Wildman–Crippen LogP) is 4.70. The maximum absolute atomic E-state index is 12.7. The molecule has 0 saturated carbocycles. The van der Waals surface area contributed by atoms with Crippen LogP contribution in [0.5, 0.6) is 0 Å². The highest BCUT2D eigenvalue weighted by Crippen LogP contribution is 2.26. The van der Waals surface area contributed by atoms with E-state index in [1.807, 2.05) is 49.4 Å². The molecule has 0 spiro atoms. The lowest BCUT2D eigenvalue weighted by Crippen LogP contribution is -2.27. The zero-order valence-electron chi connectivity index (χ0n) is 16.8. The molecule has 0 aliphatic carbocycles. The Morgan fingerprint density at radius 1 is 0.867 bits per heavy atom. The highest BCUT2D eigenvalue weighted by atomic mass is 32.2. The van der Waals surface area contributed by atoms with Crippen molar-refractivity contribution >= 4 is 21.6 Å². The smallest absolute Gasteiger partial charge is 0.255 e. The summed E-state index contributed by atoms with van der Waals surface area (Å²) in [7, 11) is -3.43. The lowest BCUT2D eigenvalue weighted by Gasteiger charge is -2.15. The van der Waals surface area contributed by atoms with Crippen LogP contribution in [0.1, 0.15) is 28.8 Å². The van der Waals surface area contributed by atoms with Gasteiger partial charge in [-0.3, -0.25) is 4.79 Å². The Morgan fingerprint density at radius 3 is 2.27 bits per heavy atom. The molecule has 3 aromatic carbocycles. The Bertz CT molecular complexity index is 1170. The van der Waals surface area contributed by atoms with Crippen molar-refractivity contribution in [1.29, 1.82) is 0 Å². The molecule has 1 aliphatic heterocycles.